The third-order valence-electron chi connectivity index (χ3n) is 8.36. The highest BCUT2D eigenvalue weighted by Gasteiger charge is 2.57. The van der Waals surface area contributed by atoms with Crippen LogP contribution < -0.4 is 16.4 Å². The van der Waals surface area contributed by atoms with Crippen LogP contribution in [0.25, 0.3) is 0 Å². The zero-order chi connectivity index (χ0) is 29.6. The van der Waals surface area contributed by atoms with Crippen molar-refractivity contribution in [3.8, 4) is 0 Å². The monoisotopic (exact) mass is 577 g/mol. The van der Waals surface area contributed by atoms with Crippen LogP contribution in [0.3, 0.4) is 0 Å². The number of hydrogen-bond acceptors (Lipinski definition) is 7. The standard InChI is InChI=1S/C30H30F3N7O2/c31-30(32,33)20-8-11-36-23(14-20)39-27(41)18-4-2-17(3-5-18)25(34)24-21(9-12-37-26(24)35)38-22-15-29(22)10-1-13-40(16-29)28(42)19-6-7-19/h2-5,8-9,11-12,14,19,22,34H,1,6-7,10,13,15-16H2,(H3,35,37,38)(H,36,39,41)/t22-,29?/m0/s1. The van der Waals surface area contributed by atoms with Crippen LogP contribution in [0.1, 0.15) is 59.2 Å². The summed E-state index contributed by atoms with van der Waals surface area (Å²) in [7, 11) is 0. The van der Waals surface area contributed by atoms with Crippen molar-refractivity contribution in [1.29, 1.82) is 5.41 Å². The van der Waals surface area contributed by atoms with Gasteiger partial charge in [0.05, 0.1) is 16.8 Å². The van der Waals surface area contributed by atoms with Crippen LogP contribution in [0.15, 0.2) is 54.9 Å². The lowest BCUT2D eigenvalue weighted by atomic mass is 9.93. The first kappa shape index (κ1) is 27.7. The molecule has 42 heavy (non-hydrogen) atoms. The zero-order valence-corrected chi connectivity index (χ0v) is 22.7. The highest BCUT2D eigenvalue weighted by atomic mass is 19.4. The molecule has 3 aromatic rings. The molecular weight excluding hydrogens is 547 g/mol. The number of hydrogen-bond donors (Lipinski definition) is 4. The quantitative estimate of drug-likeness (QED) is 0.293. The number of pyridine rings is 2. The Labute approximate surface area is 240 Å². The van der Waals surface area contributed by atoms with Crippen LogP contribution in [0, 0.1) is 16.7 Å². The van der Waals surface area contributed by atoms with Crippen molar-refractivity contribution in [2.75, 3.05) is 29.5 Å². The lowest BCUT2D eigenvalue weighted by molar-refractivity contribution is -0.137. The molecule has 1 saturated heterocycles. The molecule has 5 N–H and O–H groups in total. The predicted molar refractivity (Wildman–Crippen MR) is 151 cm³/mol. The van der Waals surface area contributed by atoms with Gasteiger partial charge in [0.1, 0.15) is 11.6 Å². The average Bonchev–Trinajstić information content (AvgIpc) is 3.90. The lowest BCUT2D eigenvalue weighted by Crippen LogP contribution is -2.43. The Morgan fingerprint density at radius 3 is 2.48 bits per heavy atom. The predicted octanol–water partition coefficient (Wildman–Crippen LogP) is 4.95. The third kappa shape index (κ3) is 5.53. The van der Waals surface area contributed by atoms with Gasteiger partial charge >= 0.3 is 6.18 Å². The number of piperidine rings is 1. The summed E-state index contributed by atoms with van der Waals surface area (Å²) in [5.41, 5.74) is 7.23. The molecule has 6 rings (SSSR count). The summed E-state index contributed by atoms with van der Waals surface area (Å²) in [5.74, 6) is -0.192. The van der Waals surface area contributed by atoms with E-state index in [9.17, 15) is 22.8 Å². The van der Waals surface area contributed by atoms with Gasteiger partial charge in [-0.3, -0.25) is 15.0 Å². The molecule has 9 nitrogen and oxygen atoms in total. The molecule has 2 aliphatic carbocycles. The maximum atomic E-state index is 13.0. The van der Waals surface area contributed by atoms with Gasteiger partial charge in [0, 0.05) is 59.7 Å². The van der Waals surface area contributed by atoms with Crippen LogP contribution in [0.4, 0.5) is 30.5 Å². The number of nitrogens with two attached hydrogens (primary N) is 1. The molecule has 0 radical (unpaired) electrons. The molecule has 12 heteroatoms. The topological polar surface area (TPSA) is 137 Å². The number of halogens is 3. The number of carbonyl (C=O) groups excluding carboxylic acids is 2. The Kier molecular flexibility index (Phi) is 6.86. The highest BCUT2D eigenvalue weighted by molar-refractivity contribution is 6.17. The van der Waals surface area contributed by atoms with Gasteiger partial charge in [0.2, 0.25) is 5.91 Å². The molecule has 2 amide bonds. The summed E-state index contributed by atoms with van der Waals surface area (Å²) in [6, 6.07) is 9.64. The first-order chi connectivity index (χ1) is 20.0. The van der Waals surface area contributed by atoms with E-state index in [0.29, 0.717) is 16.8 Å². The number of carbonyl (C=O) groups is 2. The van der Waals surface area contributed by atoms with Gasteiger partial charge in [-0.15, -0.1) is 0 Å². The van der Waals surface area contributed by atoms with Crippen molar-refractivity contribution in [1.82, 2.24) is 14.9 Å². The maximum Gasteiger partial charge on any atom is 0.416 e. The van der Waals surface area contributed by atoms with Crippen molar-refractivity contribution in [3.05, 3.63) is 77.1 Å². The number of nitrogens with zero attached hydrogens (tertiary/aromatic N) is 3. The summed E-state index contributed by atoms with van der Waals surface area (Å²) in [4.78, 5) is 35.3. The number of aromatic nitrogens is 2. The number of likely N-dealkylation sites (tertiary alicyclic amines) is 1. The first-order valence-corrected chi connectivity index (χ1v) is 13.9. The van der Waals surface area contributed by atoms with Crippen molar-refractivity contribution in [2.24, 2.45) is 11.3 Å². The van der Waals surface area contributed by atoms with E-state index in [1.54, 1.807) is 24.4 Å². The van der Waals surface area contributed by atoms with E-state index >= 15 is 0 Å². The summed E-state index contributed by atoms with van der Waals surface area (Å²) >= 11 is 0. The van der Waals surface area contributed by atoms with Gasteiger partial charge in [0.25, 0.3) is 5.91 Å². The number of nitrogens with one attached hydrogen (secondary N) is 3. The first-order valence-electron chi connectivity index (χ1n) is 13.9. The van der Waals surface area contributed by atoms with Crippen LogP contribution in [0.5, 0.6) is 0 Å². The van der Waals surface area contributed by atoms with Crippen LogP contribution in [-0.2, 0) is 11.0 Å². The summed E-state index contributed by atoms with van der Waals surface area (Å²) in [5, 5.41) is 14.8. The molecule has 3 heterocycles. The van der Waals surface area contributed by atoms with Gasteiger partial charge in [0.15, 0.2) is 0 Å². The van der Waals surface area contributed by atoms with Crippen molar-refractivity contribution < 1.29 is 22.8 Å². The minimum Gasteiger partial charge on any atom is -0.383 e. The number of amides is 2. The molecule has 218 valence electrons. The molecule has 2 aromatic heterocycles. The highest BCUT2D eigenvalue weighted by Crippen LogP contribution is 2.54. The average molecular weight is 578 g/mol. The Hall–Kier alpha value is -4.48. The number of nitrogen functional groups attached to an aromatic ring is 1. The Balaban J connectivity index is 1.14. The second-order valence-corrected chi connectivity index (χ2v) is 11.4. The fourth-order valence-corrected chi connectivity index (χ4v) is 5.78. The molecule has 1 spiro atoms. The van der Waals surface area contributed by atoms with Crippen molar-refractivity contribution in [2.45, 2.75) is 44.3 Å². The van der Waals surface area contributed by atoms with E-state index in [2.05, 4.69) is 20.6 Å². The van der Waals surface area contributed by atoms with E-state index in [4.69, 9.17) is 11.1 Å². The lowest BCUT2D eigenvalue weighted by Gasteiger charge is -2.34. The number of anilines is 3. The van der Waals surface area contributed by atoms with Gasteiger partial charge in [-0.25, -0.2) is 9.97 Å². The molecular formula is C30H30F3N7O2. The molecule has 0 bridgehead atoms. The summed E-state index contributed by atoms with van der Waals surface area (Å²) in [6.45, 7) is 1.55. The normalized spacial score (nSPS) is 21.6. The van der Waals surface area contributed by atoms with Crippen molar-refractivity contribution in [3.63, 3.8) is 0 Å². The van der Waals surface area contributed by atoms with E-state index < -0.39 is 17.6 Å². The molecule has 1 aliphatic heterocycles. The second-order valence-electron chi connectivity index (χ2n) is 11.4. The van der Waals surface area contributed by atoms with Gasteiger partial charge in [-0.2, -0.15) is 13.2 Å². The molecule has 3 fully saturated rings. The second kappa shape index (κ2) is 10.4. The molecule has 1 aromatic carbocycles. The molecule has 2 atom stereocenters. The number of benzene rings is 1. The molecule has 3 aliphatic rings. The number of rotatable bonds is 7. The van der Waals surface area contributed by atoms with E-state index in [1.807, 2.05) is 4.90 Å². The van der Waals surface area contributed by atoms with Crippen LogP contribution >= 0.6 is 0 Å². The van der Waals surface area contributed by atoms with Gasteiger partial charge in [-0.1, -0.05) is 12.1 Å². The minimum absolute atomic E-state index is 0.0176. The van der Waals surface area contributed by atoms with E-state index in [1.165, 1.54) is 12.1 Å². The fraction of sp³-hybridized carbons (Fsp3) is 0.367. The van der Waals surface area contributed by atoms with Crippen LogP contribution in [0.2, 0.25) is 0 Å². The molecule has 2 saturated carbocycles. The summed E-state index contributed by atoms with van der Waals surface area (Å²) in [6.07, 6.45) is 2.93. The number of alkyl halides is 3. The minimum atomic E-state index is -4.56. The SMILES string of the molecule is N=C(c1ccc(C(=O)Nc2cc(C(F)(F)F)ccn2)cc1)c1c(N[C@H]2CC23CCCN(C(=O)C2CC2)C3)ccnc1N. The van der Waals surface area contributed by atoms with E-state index in [-0.39, 0.29) is 46.2 Å². The largest absolute Gasteiger partial charge is 0.416 e. The van der Waals surface area contributed by atoms with Crippen molar-refractivity contribution >= 4 is 34.8 Å². The summed E-state index contributed by atoms with van der Waals surface area (Å²) < 4.78 is 39.0. The van der Waals surface area contributed by atoms with Gasteiger partial charge in [-0.05, 0) is 62.4 Å². The third-order valence-corrected chi connectivity index (χ3v) is 8.36. The zero-order valence-electron chi connectivity index (χ0n) is 22.7. The maximum absolute atomic E-state index is 13.0. The Morgan fingerprint density at radius 2 is 1.76 bits per heavy atom. The van der Waals surface area contributed by atoms with Gasteiger partial charge < -0.3 is 21.3 Å². The molecule has 1 unspecified atom stereocenters. The Morgan fingerprint density at radius 1 is 1.05 bits per heavy atom. The fourth-order valence-electron chi connectivity index (χ4n) is 5.78. The van der Waals surface area contributed by atoms with Crippen LogP contribution in [-0.4, -0.2) is 51.5 Å². The van der Waals surface area contributed by atoms with E-state index in [0.717, 1.165) is 63.5 Å². The smallest absolute Gasteiger partial charge is 0.383 e. The Bertz CT molecular complexity index is 1560.